The minimum absolute atomic E-state index is 0.498. The lowest BCUT2D eigenvalue weighted by Gasteiger charge is -2.19. The Hall–Kier alpha value is -1.22. The maximum atomic E-state index is 5.69. The molecule has 3 nitrogen and oxygen atoms in total. The Morgan fingerprint density at radius 2 is 2.00 bits per heavy atom. The molecule has 2 N–H and O–H groups in total. The van der Waals surface area contributed by atoms with Gasteiger partial charge in [-0.05, 0) is 49.1 Å². The maximum Gasteiger partial charge on any atom is 0.119 e. The lowest BCUT2D eigenvalue weighted by molar-refractivity contribution is 0.247. The molecular formula is C15H24N2O. The van der Waals surface area contributed by atoms with Crippen LogP contribution in [-0.2, 0) is 0 Å². The Labute approximate surface area is 110 Å². The van der Waals surface area contributed by atoms with Crippen LogP contribution < -0.4 is 10.5 Å². The Morgan fingerprint density at radius 3 is 2.61 bits per heavy atom. The SMILES string of the molecule is CC1(C)CCN(CCCOc2ccc(N)cc2)C1. The molecule has 0 radical (unpaired) electrons. The van der Waals surface area contributed by atoms with Crippen molar-refractivity contribution in [3.8, 4) is 5.75 Å². The van der Waals surface area contributed by atoms with Gasteiger partial charge in [-0.3, -0.25) is 0 Å². The fourth-order valence-corrected chi connectivity index (χ4v) is 2.46. The Kier molecular flexibility index (Phi) is 4.12. The third-order valence-electron chi connectivity index (χ3n) is 3.52. The van der Waals surface area contributed by atoms with E-state index >= 15 is 0 Å². The van der Waals surface area contributed by atoms with E-state index in [2.05, 4.69) is 18.7 Å². The predicted octanol–water partition coefficient (Wildman–Crippen LogP) is 2.77. The Morgan fingerprint density at radius 1 is 1.28 bits per heavy atom. The third-order valence-corrected chi connectivity index (χ3v) is 3.52. The summed E-state index contributed by atoms with van der Waals surface area (Å²) in [6.45, 7) is 9.05. The van der Waals surface area contributed by atoms with Gasteiger partial charge in [-0.2, -0.15) is 0 Å². The monoisotopic (exact) mass is 248 g/mol. The molecule has 1 aromatic carbocycles. The highest BCUT2D eigenvalue weighted by Crippen LogP contribution is 2.28. The third kappa shape index (κ3) is 3.91. The van der Waals surface area contributed by atoms with E-state index < -0.39 is 0 Å². The van der Waals surface area contributed by atoms with Crippen LogP contribution in [0.25, 0.3) is 0 Å². The summed E-state index contributed by atoms with van der Waals surface area (Å²) < 4.78 is 5.69. The van der Waals surface area contributed by atoms with Gasteiger partial charge in [0.2, 0.25) is 0 Å². The number of nitrogens with two attached hydrogens (primary N) is 1. The molecule has 2 rings (SSSR count). The van der Waals surface area contributed by atoms with E-state index in [1.165, 1.54) is 19.5 Å². The average molecular weight is 248 g/mol. The number of hydrogen-bond donors (Lipinski definition) is 1. The fraction of sp³-hybridized carbons (Fsp3) is 0.600. The van der Waals surface area contributed by atoms with Gasteiger partial charge in [-0.15, -0.1) is 0 Å². The molecular weight excluding hydrogens is 224 g/mol. The molecule has 3 heteroatoms. The molecule has 0 spiro atoms. The summed E-state index contributed by atoms with van der Waals surface area (Å²) in [6, 6.07) is 7.60. The second-order valence-electron chi connectivity index (χ2n) is 5.96. The number of anilines is 1. The van der Waals surface area contributed by atoms with Crippen molar-refractivity contribution in [1.29, 1.82) is 0 Å². The van der Waals surface area contributed by atoms with Crippen LogP contribution in [0.1, 0.15) is 26.7 Å². The first-order valence-corrected chi connectivity index (χ1v) is 6.76. The van der Waals surface area contributed by atoms with Crippen LogP contribution in [-0.4, -0.2) is 31.1 Å². The minimum Gasteiger partial charge on any atom is -0.494 e. The van der Waals surface area contributed by atoms with Crippen molar-refractivity contribution in [3.05, 3.63) is 24.3 Å². The molecule has 0 atom stereocenters. The minimum atomic E-state index is 0.498. The zero-order valence-electron chi connectivity index (χ0n) is 11.5. The molecule has 0 amide bonds. The van der Waals surface area contributed by atoms with Crippen molar-refractivity contribution >= 4 is 5.69 Å². The van der Waals surface area contributed by atoms with Crippen LogP contribution >= 0.6 is 0 Å². The lowest BCUT2D eigenvalue weighted by atomic mass is 9.93. The Balaban J connectivity index is 1.63. The number of nitrogen functional groups attached to an aromatic ring is 1. The number of hydrogen-bond acceptors (Lipinski definition) is 3. The summed E-state index contributed by atoms with van der Waals surface area (Å²) >= 11 is 0. The number of ether oxygens (including phenoxy) is 1. The normalized spacial score (nSPS) is 19.0. The summed E-state index contributed by atoms with van der Waals surface area (Å²) in [5, 5.41) is 0. The van der Waals surface area contributed by atoms with Gasteiger partial charge >= 0.3 is 0 Å². The van der Waals surface area contributed by atoms with Gasteiger partial charge in [0.25, 0.3) is 0 Å². The number of likely N-dealkylation sites (tertiary alicyclic amines) is 1. The zero-order valence-corrected chi connectivity index (χ0v) is 11.5. The zero-order chi connectivity index (χ0) is 13.0. The van der Waals surface area contributed by atoms with Crippen LogP contribution in [0.2, 0.25) is 0 Å². The van der Waals surface area contributed by atoms with Gasteiger partial charge < -0.3 is 15.4 Å². The number of rotatable bonds is 5. The summed E-state index contributed by atoms with van der Waals surface area (Å²) in [7, 11) is 0. The van der Waals surface area contributed by atoms with Crippen LogP contribution in [0.5, 0.6) is 5.75 Å². The molecule has 0 unspecified atom stereocenters. The first-order chi connectivity index (χ1) is 8.55. The van der Waals surface area contributed by atoms with Gasteiger partial charge in [0.05, 0.1) is 6.61 Å². The topological polar surface area (TPSA) is 38.5 Å². The van der Waals surface area contributed by atoms with Crippen LogP contribution in [0.15, 0.2) is 24.3 Å². The highest BCUT2D eigenvalue weighted by atomic mass is 16.5. The quantitative estimate of drug-likeness (QED) is 0.643. The summed E-state index contributed by atoms with van der Waals surface area (Å²) in [6.07, 6.45) is 2.40. The molecule has 1 aromatic rings. The molecule has 0 bridgehead atoms. The van der Waals surface area contributed by atoms with Gasteiger partial charge in [0, 0.05) is 18.8 Å². The first-order valence-electron chi connectivity index (χ1n) is 6.76. The van der Waals surface area contributed by atoms with Crippen molar-refractivity contribution < 1.29 is 4.74 Å². The van der Waals surface area contributed by atoms with Gasteiger partial charge in [0.15, 0.2) is 0 Å². The maximum absolute atomic E-state index is 5.69. The lowest BCUT2D eigenvalue weighted by Crippen LogP contribution is -2.25. The molecule has 18 heavy (non-hydrogen) atoms. The van der Waals surface area contributed by atoms with E-state index in [4.69, 9.17) is 10.5 Å². The molecule has 1 aliphatic rings. The van der Waals surface area contributed by atoms with Crippen molar-refractivity contribution in [3.63, 3.8) is 0 Å². The predicted molar refractivity (Wildman–Crippen MR) is 75.8 cm³/mol. The van der Waals surface area contributed by atoms with Crippen molar-refractivity contribution in [2.24, 2.45) is 5.41 Å². The highest BCUT2D eigenvalue weighted by molar-refractivity contribution is 5.41. The van der Waals surface area contributed by atoms with E-state index in [0.717, 1.165) is 31.0 Å². The molecule has 0 saturated carbocycles. The van der Waals surface area contributed by atoms with E-state index in [0.29, 0.717) is 5.41 Å². The summed E-state index contributed by atoms with van der Waals surface area (Å²) in [5.41, 5.74) is 6.90. The molecule has 1 heterocycles. The second-order valence-corrected chi connectivity index (χ2v) is 5.96. The van der Waals surface area contributed by atoms with E-state index in [-0.39, 0.29) is 0 Å². The van der Waals surface area contributed by atoms with Crippen LogP contribution in [0.3, 0.4) is 0 Å². The van der Waals surface area contributed by atoms with Crippen LogP contribution in [0, 0.1) is 5.41 Å². The second kappa shape index (κ2) is 5.61. The smallest absolute Gasteiger partial charge is 0.119 e. The number of nitrogens with zero attached hydrogens (tertiary/aromatic N) is 1. The standard InChI is InChI=1S/C15H24N2O/c1-15(2)8-10-17(12-15)9-3-11-18-14-6-4-13(16)5-7-14/h4-7H,3,8-12,16H2,1-2H3. The van der Waals surface area contributed by atoms with Crippen molar-refractivity contribution in [2.45, 2.75) is 26.7 Å². The van der Waals surface area contributed by atoms with Crippen molar-refractivity contribution in [1.82, 2.24) is 4.90 Å². The van der Waals surface area contributed by atoms with E-state index in [1.54, 1.807) is 0 Å². The molecule has 1 saturated heterocycles. The van der Waals surface area contributed by atoms with Crippen LogP contribution in [0.4, 0.5) is 5.69 Å². The largest absolute Gasteiger partial charge is 0.494 e. The fourth-order valence-electron chi connectivity index (χ4n) is 2.46. The van der Waals surface area contributed by atoms with Gasteiger partial charge in [-0.1, -0.05) is 13.8 Å². The molecule has 100 valence electrons. The van der Waals surface area contributed by atoms with E-state index in [9.17, 15) is 0 Å². The highest BCUT2D eigenvalue weighted by Gasteiger charge is 2.28. The van der Waals surface area contributed by atoms with Gasteiger partial charge in [0.1, 0.15) is 5.75 Å². The average Bonchev–Trinajstić information content (AvgIpc) is 2.67. The molecule has 1 aliphatic heterocycles. The summed E-state index contributed by atoms with van der Waals surface area (Å²) in [5.74, 6) is 0.908. The van der Waals surface area contributed by atoms with E-state index in [1.807, 2.05) is 24.3 Å². The number of benzene rings is 1. The molecule has 1 fully saturated rings. The molecule has 0 aromatic heterocycles. The first kappa shape index (κ1) is 13.2. The molecule has 0 aliphatic carbocycles. The van der Waals surface area contributed by atoms with Gasteiger partial charge in [-0.25, -0.2) is 0 Å². The Bertz CT molecular complexity index is 373. The van der Waals surface area contributed by atoms with Crippen molar-refractivity contribution in [2.75, 3.05) is 32.0 Å². The summed E-state index contributed by atoms with van der Waals surface area (Å²) in [4.78, 5) is 2.53.